The highest BCUT2D eigenvalue weighted by molar-refractivity contribution is 5.47. The van der Waals surface area contributed by atoms with Gasteiger partial charge in [-0.1, -0.05) is 13.0 Å². The number of nitrogens with zero attached hydrogens (tertiary/aromatic N) is 4. The maximum Gasteiger partial charge on any atom is 0.156 e. The Labute approximate surface area is 81.5 Å². The first-order chi connectivity index (χ1) is 6.81. The highest BCUT2D eigenvalue weighted by atomic mass is 15.5. The Hall–Kier alpha value is -1.91. The van der Waals surface area contributed by atoms with Crippen LogP contribution in [0.4, 0.5) is 5.69 Å². The van der Waals surface area contributed by atoms with Crippen LogP contribution >= 0.6 is 0 Å². The molecule has 1 heterocycles. The minimum absolute atomic E-state index is 0.708. The van der Waals surface area contributed by atoms with Crippen molar-refractivity contribution in [2.75, 3.05) is 5.73 Å². The van der Waals surface area contributed by atoms with E-state index in [0.29, 0.717) is 5.69 Å². The van der Waals surface area contributed by atoms with Crippen molar-refractivity contribution >= 4 is 5.69 Å². The molecule has 2 aromatic rings. The number of aryl methyl sites for hydroxylation is 1. The zero-order valence-corrected chi connectivity index (χ0v) is 7.88. The van der Waals surface area contributed by atoms with Crippen molar-refractivity contribution in [1.82, 2.24) is 20.2 Å². The second kappa shape index (κ2) is 3.45. The van der Waals surface area contributed by atoms with Crippen molar-refractivity contribution < 1.29 is 0 Å². The van der Waals surface area contributed by atoms with E-state index in [1.165, 1.54) is 0 Å². The summed E-state index contributed by atoms with van der Waals surface area (Å²) in [5.41, 5.74) is 7.28. The second-order valence-corrected chi connectivity index (χ2v) is 2.96. The van der Waals surface area contributed by atoms with Gasteiger partial charge in [0.25, 0.3) is 0 Å². The first kappa shape index (κ1) is 8.68. The van der Waals surface area contributed by atoms with Gasteiger partial charge < -0.3 is 5.73 Å². The second-order valence-electron chi connectivity index (χ2n) is 2.96. The van der Waals surface area contributed by atoms with E-state index in [1.54, 1.807) is 4.68 Å². The number of rotatable bonds is 2. The molecule has 0 fully saturated rings. The fourth-order valence-electron chi connectivity index (χ4n) is 1.28. The lowest BCUT2D eigenvalue weighted by Gasteiger charge is -2.02. The molecule has 0 bridgehead atoms. The molecule has 5 nitrogen and oxygen atoms in total. The molecule has 2 N–H and O–H groups in total. The van der Waals surface area contributed by atoms with Crippen LogP contribution < -0.4 is 5.73 Å². The van der Waals surface area contributed by atoms with Gasteiger partial charge in [0, 0.05) is 12.1 Å². The van der Waals surface area contributed by atoms with Gasteiger partial charge in [-0.05, 0) is 28.6 Å². The van der Waals surface area contributed by atoms with E-state index in [1.807, 2.05) is 31.2 Å². The summed E-state index contributed by atoms with van der Waals surface area (Å²) in [5.74, 6) is 0.829. The Bertz CT molecular complexity index is 434. The topological polar surface area (TPSA) is 69.6 Å². The predicted molar refractivity (Wildman–Crippen MR) is 52.9 cm³/mol. The zero-order chi connectivity index (χ0) is 9.97. The first-order valence-corrected chi connectivity index (χ1v) is 4.44. The Kier molecular flexibility index (Phi) is 2.14. The van der Waals surface area contributed by atoms with Gasteiger partial charge in [0.1, 0.15) is 0 Å². The van der Waals surface area contributed by atoms with Crippen LogP contribution in [0.5, 0.6) is 0 Å². The monoisotopic (exact) mass is 189 g/mol. The smallest absolute Gasteiger partial charge is 0.156 e. The average Bonchev–Trinajstić information content (AvgIpc) is 2.65. The van der Waals surface area contributed by atoms with Gasteiger partial charge in [-0.15, -0.1) is 5.10 Å². The van der Waals surface area contributed by atoms with Crippen molar-refractivity contribution in [2.45, 2.75) is 13.3 Å². The van der Waals surface area contributed by atoms with Crippen LogP contribution in [0.3, 0.4) is 0 Å². The molecule has 0 radical (unpaired) electrons. The number of nitrogens with two attached hydrogens (primary N) is 1. The molecular formula is C9H11N5. The van der Waals surface area contributed by atoms with Crippen LogP contribution in [-0.2, 0) is 6.42 Å². The lowest BCUT2D eigenvalue weighted by atomic mass is 10.3. The van der Waals surface area contributed by atoms with E-state index in [9.17, 15) is 0 Å². The van der Waals surface area contributed by atoms with Gasteiger partial charge in [-0.2, -0.15) is 4.68 Å². The van der Waals surface area contributed by atoms with Crippen molar-refractivity contribution in [3.05, 3.63) is 30.1 Å². The molecule has 72 valence electrons. The highest BCUT2D eigenvalue weighted by Crippen LogP contribution is 2.11. The summed E-state index contributed by atoms with van der Waals surface area (Å²) in [6.45, 7) is 2.01. The number of benzene rings is 1. The molecule has 0 aliphatic rings. The summed E-state index contributed by atoms with van der Waals surface area (Å²) in [7, 11) is 0. The van der Waals surface area contributed by atoms with Crippen LogP contribution in [0, 0.1) is 0 Å². The van der Waals surface area contributed by atoms with Gasteiger partial charge in [0.05, 0.1) is 5.69 Å². The largest absolute Gasteiger partial charge is 0.399 e. The summed E-state index contributed by atoms with van der Waals surface area (Å²) in [6.07, 6.45) is 0.793. The minimum atomic E-state index is 0.708. The number of tetrazole rings is 1. The van der Waals surface area contributed by atoms with Crippen LogP contribution in [0.2, 0.25) is 0 Å². The van der Waals surface area contributed by atoms with Gasteiger partial charge in [-0.25, -0.2) is 0 Å². The fraction of sp³-hybridized carbons (Fsp3) is 0.222. The van der Waals surface area contributed by atoms with Crippen molar-refractivity contribution in [1.29, 1.82) is 0 Å². The molecule has 2 rings (SSSR count). The van der Waals surface area contributed by atoms with E-state index in [2.05, 4.69) is 15.5 Å². The van der Waals surface area contributed by atoms with Crippen LogP contribution in [0.1, 0.15) is 12.7 Å². The standard InChI is InChI=1S/C9H11N5/c1-2-9-11-12-13-14(9)8-5-3-4-7(10)6-8/h3-6H,2,10H2,1H3. The zero-order valence-electron chi connectivity index (χ0n) is 7.88. The molecule has 1 aromatic heterocycles. The van der Waals surface area contributed by atoms with E-state index >= 15 is 0 Å². The summed E-state index contributed by atoms with van der Waals surface area (Å²) in [5, 5.41) is 11.4. The summed E-state index contributed by atoms with van der Waals surface area (Å²) >= 11 is 0. The Balaban J connectivity index is 2.49. The van der Waals surface area contributed by atoms with Gasteiger partial charge in [0.15, 0.2) is 5.82 Å². The van der Waals surface area contributed by atoms with Gasteiger partial charge in [-0.3, -0.25) is 0 Å². The van der Waals surface area contributed by atoms with Crippen molar-refractivity contribution in [3.8, 4) is 5.69 Å². The van der Waals surface area contributed by atoms with Crippen molar-refractivity contribution in [2.24, 2.45) is 0 Å². The molecule has 0 saturated carbocycles. The maximum absolute atomic E-state index is 5.67. The van der Waals surface area contributed by atoms with E-state index in [0.717, 1.165) is 17.9 Å². The molecule has 0 saturated heterocycles. The molecule has 0 spiro atoms. The van der Waals surface area contributed by atoms with Crippen LogP contribution in [0.15, 0.2) is 24.3 Å². The quantitative estimate of drug-likeness (QED) is 0.709. The van der Waals surface area contributed by atoms with Gasteiger partial charge in [0.2, 0.25) is 0 Å². The molecule has 1 aromatic carbocycles. The molecular weight excluding hydrogens is 178 g/mol. The van der Waals surface area contributed by atoms with Gasteiger partial charge >= 0.3 is 0 Å². The molecule has 0 atom stereocenters. The number of anilines is 1. The van der Waals surface area contributed by atoms with E-state index in [-0.39, 0.29) is 0 Å². The highest BCUT2D eigenvalue weighted by Gasteiger charge is 2.05. The van der Waals surface area contributed by atoms with E-state index < -0.39 is 0 Å². The minimum Gasteiger partial charge on any atom is -0.399 e. The number of hydrogen-bond acceptors (Lipinski definition) is 4. The molecule has 5 heteroatoms. The van der Waals surface area contributed by atoms with Crippen LogP contribution in [-0.4, -0.2) is 20.2 Å². The Morgan fingerprint density at radius 2 is 2.29 bits per heavy atom. The summed E-state index contributed by atoms with van der Waals surface area (Å²) in [6, 6.07) is 7.48. The maximum atomic E-state index is 5.67. The SMILES string of the molecule is CCc1nnnn1-c1cccc(N)c1. The number of nitrogen functional groups attached to an aromatic ring is 1. The molecule has 14 heavy (non-hydrogen) atoms. The third kappa shape index (κ3) is 1.44. The average molecular weight is 189 g/mol. The van der Waals surface area contributed by atoms with Crippen LogP contribution in [0.25, 0.3) is 5.69 Å². The molecule has 0 unspecified atom stereocenters. The van der Waals surface area contributed by atoms with Crippen molar-refractivity contribution in [3.63, 3.8) is 0 Å². The lowest BCUT2D eigenvalue weighted by Crippen LogP contribution is -2.02. The molecule has 0 aliphatic heterocycles. The molecule has 0 aliphatic carbocycles. The number of hydrogen-bond donors (Lipinski definition) is 1. The molecule has 0 amide bonds. The predicted octanol–water partition coefficient (Wildman–Crippen LogP) is 0.807. The third-order valence-corrected chi connectivity index (χ3v) is 1.97. The Morgan fingerprint density at radius 1 is 1.43 bits per heavy atom. The Morgan fingerprint density at radius 3 is 3.00 bits per heavy atom. The first-order valence-electron chi connectivity index (χ1n) is 4.44. The summed E-state index contributed by atoms with van der Waals surface area (Å²) < 4.78 is 1.69. The third-order valence-electron chi connectivity index (χ3n) is 1.97. The normalized spacial score (nSPS) is 10.4. The number of aromatic nitrogens is 4. The lowest BCUT2D eigenvalue weighted by molar-refractivity contribution is 0.767. The summed E-state index contributed by atoms with van der Waals surface area (Å²) in [4.78, 5) is 0. The fourth-order valence-corrected chi connectivity index (χ4v) is 1.28. The van der Waals surface area contributed by atoms with E-state index in [4.69, 9.17) is 5.73 Å².